The second-order valence-corrected chi connectivity index (χ2v) is 4.04. The van der Waals surface area contributed by atoms with Gasteiger partial charge >= 0.3 is 0 Å². The van der Waals surface area contributed by atoms with E-state index in [-0.39, 0.29) is 5.54 Å². The largest absolute Gasteiger partial charge is 0.326 e. The molecule has 0 aromatic carbocycles. The van der Waals surface area contributed by atoms with Crippen LogP contribution in [0, 0.1) is 0 Å². The Morgan fingerprint density at radius 1 is 1.27 bits per heavy atom. The zero-order valence-electron chi connectivity index (χ0n) is 8.35. The van der Waals surface area contributed by atoms with Crippen molar-refractivity contribution in [2.24, 2.45) is 5.73 Å². The molecule has 0 saturated heterocycles. The van der Waals surface area contributed by atoms with E-state index in [0.717, 1.165) is 13.0 Å². The number of hydrogen-bond acceptors (Lipinski definition) is 2. The zero-order chi connectivity index (χ0) is 8.91. The third kappa shape index (κ3) is 7.82. The van der Waals surface area contributed by atoms with Crippen molar-refractivity contribution in [2.45, 2.75) is 39.2 Å². The molecule has 0 rings (SSSR count). The summed E-state index contributed by atoms with van der Waals surface area (Å²) in [6.07, 6.45) is 2.30. The first-order chi connectivity index (χ1) is 4.95. The molecule has 0 unspecified atom stereocenters. The van der Waals surface area contributed by atoms with E-state index >= 15 is 0 Å². The summed E-state index contributed by atoms with van der Waals surface area (Å²) in [5.41, 5.74) is 5.84. The highest BCUT2D eigenvalue weighted by molar-refractivity contribution is 4.72. The third-order valence-electron chi connectivity index (χ3n) is 1.74. The molecule has 0 aliphatic carbocycles. The molecule has 2 heteroatoms. The summed E-state index contributed by atoms with van der Waals surface area (Å²) < 4.78 is 0. The molecule has 68 valence electrons. The summed E-state index contributed by atoms with van der Waals surface area (Å²) in [5, 5.41) is 0. The third-order valence-corrected chi connectivity index (χ3v) is 1.74. The van der Waals surface area contributed by atoms with Gasteiger partial charge < -0.3 is 10.6 Å². The van der Waals surface area contributed by atoms with Crippen LogP contribution in [0.5, 0.6) is 0 Å². The van der Waals surface area contributed by atoms with E-state index in [1.807, 2.05) is 0 Å². The van der Waals surface area contributed by atoms with Crippen molar-refractivity contribution >= 4 is 0 Å². The van der Waals surface area contributed by atoms with Crippen molar-refractivity contribution in [3.05, 3.63) is 0 Å². The molecule has 0 atom stereocenters. The van der Waals surface area contributed by atoms with Crippen LogP contribution in [0.3, 0.4) is 0 Å². The topological polar surface area (TPSA) is 29.3 Å². The molecule has 0 saturated carbocycles. The maximum Gasteiger partial charge on any atom is 0.0109 e. The van der Waals surface area contributed by atoms with Crippen molar-refractivity contribution in [3.63, 3.8) is 0 Å². The van der Waals surface area contributed by atoms with Gasteiger partial charge in [0.25, 0.3) is 0 Å². The Kier molecular flexibility index (Phi) is 4.69. The van der Waals surface area contributed by atoms with E-state index in [0.29, 0.717) is 0 Å². The molecule has 0 amide bonds. The Morgan fingerprint density at radius 2 is 1.82 bits per heavy atom. The Labute approximate surface area is 70.8 Å². The minimum atomic E-state index is -0.0119. The number of rotatable bonds is 5. The van der Waals surface area contributed by atoms with Gasteiger partial charge in [0.2, 0.25) is 0 Å². The summed E-state index contributed by atoms with van der Waals surface area (Å²) in [6.45, 7) is 8.64. The Hall–Kier alpha value is -0.0800. The van der Waals surface area contributed by atoms with E-state index in [1.165, 1.54) is 13.0 Å². The summed E-state index contributed by atoms with van der Waals surface area (Å²) in [6, 6.07) is 0. The summed E-state index contributed by atoms with van der Waals surface area (Å²) in [4.78, 5) is 2.33. The molecule has 2 N–H and O–H groups in total. The quantitative estimate of drug-likeness (QED) is 0.656. The van der Waals surface area contributed by atoms with Crippen LogP contribution in [0.15, 0.2) is 0 Å². The van der Waals surface area contributed by atoms with E-state index in [1.54, 1.807) is 0 Å². The average molecular weight is 158 g/mol. The highest BCUT2D eigenvalue weighted by atomic mass is 15.1. The number of nitrogens with zero attached hydrogens (tertiary/aromatic N) is 1. The predicted octanol–water partition coefficient (Wildman–Crippen LogP) is 1.46. The molecule has 0 bridgehead atoms. The monoisotopic (exact) mass is 158 g/mol. The molecule has 0 aromatic rings. The predicted molar refractivity (Wildman–Crippen MR) is 50.7 cm³/mol. The molecule has 0 radical (unpaired) electrons. The van der Waals surface area contributed by atoms with Gasteiger partial charge in [-0.25, -0.2) is 0 Å². The van der Waals surface area contributed by atoms with Crippen LogP contribution in [0.1, 0.15) is 33.6 Å². The molecule has 0 aliphatic heterocycles. The first-order valence-corrected chi connectivity index (χ1v) is 4.43. The Morgan fingerprint density at radius 3 is 2.18 bits per heavy atom. The standard InChI is InChI=1S/C9H22N2/c1-5-7-11(4)8-6-9(2,3)10/h5-8,10H2,1-4H3. The normalized spacial score (nSPS) is 12.5. The van der Waals surface area contributed by atoms with Crippen molar-refractivity contribution in [3.8, 4) is 0 Å². The maximum absolute atomic E-state index is 5.85. The van der Waals surface area contributed by atoms with Crippen LogP contribution in [0.2, 0.25) is 0 Å². The second kappa shape index (κ2) is 4.73. The molecule has 0 aliphatic rings. The minimum absolute atomic E-state index is 0.0119. The zero-order valence-corrected chi connectivity index (χ0v) is 8.35. The van der Waals surface area contributed by atoms with Gasteiger partial charge in [-0.1, -0.05) is 6.92 Å². The SMILES string of the molecule is CCCN(C)CCC(C)(C)N. The Balaban J connectivity index is 3.38. The molecule has 0 spiro atoms. The molecular formula is C9H22N2. The highest BCUT2D eigenvalue weighted by Gasteiger charge is 2.10. The van der Waals surface area contributed by atoms with Gasteiger partial charge in [-0.3, -0.25) is 0 Å². The van der Waals surface area contributed by atoms with Crippen molar-refractivity contribution in [1.82, 2.24) is 4.90 Å². The maximum atomic E-state index is 5.85. The molecule has 0 fully saturated rings. The van der Waals surface area contributed by atoms with Gasteiger partial charge in [0.1, 0.15) is 0 Å². The lowest BCUT2D eigenvalue weighted by atomic mass is 10.0. The lowest BCUT2D eigenvalue weighted by Gasteiger charge is -2.22. The fraction of sp³-hybridized carbons (Fsp3) is 1.00. The molecule has 0 heterocycles. The molecular weight excluding hydrogens is 136 g/mol. The molecule has 11 heavy (non-hydrogen) atoms. The Bertz CT molecular complexity index is 94.2. The van der Waals surface area contributed by atoms with Gasteiger partial charge in [0, 0.05) is 5.54 Å². The number of hydrogen-bond donors (Lipinski definition) is 1. The second-order valence-electron chi connectivity index (χ2n) is 4.04. The molecule has 2 nitrogen and oxygen atoms in total. The summed E-state index contributed by atoms with van der Waals surface area (Å²) in [5.74, 6) is 0. The average Bonchev–Trinajstić information content (AvgIpc) is 1.83. The summed E-state index contributed by atoms with van der Waals surface area (Å²) in [7, 11) is 2.15. The summed E-state index contributed by atoms with van der Waals surface area (Å²) >= 11 is 0. The van der Waals surface area contributed by atoms with E-state index in [9.17, 15) is 0 Å². The smallest absolute Gasteiger partial charge is 0.0109 e. The highest BCUT2D eigenvalue weighted by Crippen LogP contribution is 2.04. The van der Waals surface area contributed by atoms with Crippen molar-refractivity contribution < 1.29 is 0 Å². The lowest BCUT2D eigenvalue weighted by molar-refractivity contribution is 0.296. The van der Waals surface area contributed by atoms with Crippen LogP contribution < -0.4 is 5.73 Å². The van der Waals surface area contributed by atoms with Crippen LogP contribution in [0.4, 0.5) is 0 Å². The fourth-order valence-corrected chi connectivity index (χ4v) is 0.973. The van der Waals surface area contributed by atoms with Crippen LogP contribution >= 0.6 is 0 Å². The van der Waals surface area contributed by atoms with Crippen molar-refractivity contribution in [1.29, 1.82) is 0 Å². The lowest BCUT2D eigenvalue weighted by Crippen LogP contribution is -2.36. The van der Waals surface area contributed by atoms with Crippen LogP contribution in [-0.4, -0.2) is 30.6 Å². The van der Waals surface area contributed by atoms with E-state index < -0.39 is 0 Å². The van der Waals surface area contributed by atoms with Gasteiger partial charge in [0.15, 0.2) is 0 Å². The van der Waals surface area contributed by atoms with Crippen LogP contribution in [-0.2, 0) is 0 Å². The van der Waals surface area contributed by atoms with Gasteiger partial charge in [-0.15, -0.1) is 0 Å². The molecule has 0 aromatic heterocycles. The fourth-order valence-electron chi connectivity index (χ4n) is 0.973. The first kappa shape index (κ1) is 10.9. The van der Waals surface area contributed by atoms with E-state index in [4.69, 9.17) is 5.73 Å². The van der Waals surface area contributed by atoms with Gasteiger partial charge in [0.05, 0.1) is 0 Å². The first-order valence-electron chi connectivity index (χ1n) is 4.43. The van der Waals surface area contributed by atoms with Gasteiger partial charge in [-0.05, 0) is 46.8 Å². The number of nitrogens with two attached hydrogens (primary N) is 1. The van der Waals surface area contributed by atoms with Crippen LogP contribution in [0.25, 0.3) is 0 Å². The minimum Gasteiger partial charge on any atom is -0.326 e. The van der Waals surface area contributed by atoms with Crippen molar-refractivity contribution in [2.75, 3.05) is 20.1 Å². The van der Waals surface area contributed by atoms with E-state index in [2.05, 4.69) is 32.7 Å². The van der Waals surface area contributed by atoms with Gasteiger partial charge in [-0.2, -0.15) is 0 Å².